The lowest BCUT2D eigenvalue weighted by molar-refractivity contribution is -0.115. The summed E-state index contributed by atoms with van der Waals surface area (Å²) in [4.78, 5) is 10.9. The monoisotopic (exact) mass is 178 g/mol. The Kier molecular flexibility index (Phi) is 1.91. The van der Waals surface area contributed by atoms with Crippen molar-refractivity contribution in [1.82, 2.24) is 0 Å². The molecule has 1 fully saturated rings. The number of aldehydes is 1. The molecule has 1 saturated carbocycles. The molecule has 68 valence electrons. The summed E-state index contributed by atoms with van der Waals surface area (Å²) in [5.74, 6) is -0.255. The minimum atomic E-state index is -0.509. The number of hydrogen-bond acceptors (Lipinski definition) is 1. The van der Waals surface area contributed by atoms with E-state index in [0.717, 1.165) is 25.5 Å². The van der Waals surface area contributed by atoms with Gasteiger partial charge in [0.2, 0.25) is 0 Å². The zero-order valence-electron chi connectivity index (χ0n) is 7.29. The molecule has 1 aliphatic carbocycles. The van der Waals surface area contributed by atoms with Crippen LogP contribution in [0.2, 0.25) is 0 Å². The van der Waals surface area contributed by atoms with Gasteiger partial charge < -0.3 is 4.79 Å². The van der Waals surface area contributed by atoms with Crippen LogP contribution < -0.4 is 0 Å². The van der Waals surface area contributed by atoms with Gasteiger partial charge in [-0.15, -0.1) is 0 Å². The van der Waals surface area contributed by atoms with E-state index in [2.05, 4.69) is 0 Å². The van der Waals surface area contributed by atoms with Gasteiger partial charge in [-0.2, -0.15) is 0 Å². The Morgan fingerprint density at radius 2 is 2.00 bits per heavy atom. The summed E-state index contributed by atoms with van der Waals surface area (Å²) in [6, 6.07) is 6.56. The van der Waals surface area contributed by atoms with Crippen molar-refractivity contribution >= 4 is 6.29 Å². The maximum absolute atomic E-state index is 13.3. The van der Waals surface area contributed by atoms with Gasteiger partial charge in [-0.3, -0.25) is 0 Å². The largest absolute Gasteiger partial charge is 0.302 e. The van der Waals surface area contributed by atoms with E-state index in [1.54, 1.807) is 18.2 Å². The molecule has 1 aliphatic rings. The van der Waals surface area contributed by atoms with E-state index < -0.39 is 5.41 Å². The minimum Gasteiger partial charge on any atom is -0.302 e. The van der Waals surface area contributed by atoms with E-state index in [1.807, 2.05) is 0 Å². The summed E-state index contributed by atoms with van der Waals surface area (Å²) < 4.78 is 13.3. The molecule has 0 bridgehead atoms. The van der Waals surface area contributed by atoms with Gasteiger partial charge in [0.25, 0.3) is 0 Å². The Morgan fingerprint density at radius 3 is 2.46 bits per heavy atom. The molecule has 2 heteroatoms. The lowest BCUT2D eigenvalue weighted by Gasteiger charge is -2.37. The summed E-state index contributed by atoms with van der Waals surface area (Å²) in [5, 5.41) is 0. The molecule has 0 N–H and O–H groups in total. The fraction of sp³-hybridized carbons (Fsp3) is 0.364. The molecule has 13 heavy (non-hydrogen) atoms. The van der Waals surface area contributed by atoms with Crippen LogP contribution in [0, 0.1) is 5.82 Å². The highest BCUT2D eigenvalue weighted by Crippen LogP contribution is 2.42. The SMILES string of the molecule is O=CC1(c2ccccc2F)CCC1. The Morgan fingerprint density at radius 1 is 1.31 bits per heavy atom. The van der Waals surface area contributed by atoms with Crippen molar-refractivity contribution < 1.29 is 9.18 Å². The van der Waals surface area contributed by atoms with Crippen LogP contribution in [-0.2, 0) is 10.2 Å². The summed E-state index contributed by atoms with van der Waals surface area (Å²) in [7, 11) is 0. The summed E-state index contributed by atoms with van der Waals surface area (Å²) >= 11 is 0. The minimum absolute atomic E-state index is 0.255. The molecule has 0 radical (unpaired) electrons. The van der Waals surface area contributed by atoms with Gasteiger partial charge in [-0.05, 0) is 18.9 Å². The smallest absolute Gasteiger partial charge is 0.130 e. The van der Waals surface area contributed by atoms with Gasteiger partial charge in [0.15, 0.2) is 0 Å². The lowest BCUT2D eigenvalue weighted by Crippen LogP contribution is -2.36. The lowest BCUT2D eigenvalue weighted by atomic mass is 9.65. The average molecular weight is 178 g/mol. The average Bonchev–Trinajstić information content (AvgIpc) is 2.07. The van der Waals surface area contributed by atoms with Gasteiger partial charge >= 0.3 is 0 Å². The quantitative estimate of drug-likeness (QED) is 0.636. The maximum atomic E-state index is 13.3. The van der Waals surface area contributed by atoms with Crippen LogP contribution in [0.1, 0.15) is 24.8 Å². The second-order valence-electron chi connectivity index (χ2n) is 3.61. The first-order valence-electron chi connectivity index (χ1n) is 4.50. The van der Waals surface area contributed by atoms with Gasteiger partial charge in [0.05, 0.1) is 5.41 Å². The third kappa shape index (κ3) is 1.17. The summed E-state index contributed by atoms with van der Waals surface area (Å²) in [6.45, 7) is 0. The van der Waals surface area contributed by atoms with Crippen molar-refractivity contribution in [3.8, 4) is 0 Å². The first-order chi connectivity index (χ1) is 6.28. The molecular weight excluding hydrogens is 167 g/mol. The number of hydrogen-bond donors (Lipinski definition) is 0. The Hall–Kier alpha value is -1.18. The molecule has 0 aliphatic heterocycles. The highest BCUT2D eigenvalue weighted by atomic mass is 19.1. The van der Waals surface area contributed by atoms with Crippen LogP contribution >= 0.6 is 0 Å². The zero-order valence-corrected chi connectivity index (χ0v) is 7.29. The first kappa shape index (κ1) is 8.42. The zero-order chi connectivity index (χ0) is 9.31. The van der Waals surface area contributed by atoms with Crippen LogP contribution in [0.5, 0.6) is 0 Å². The van der Waals surface area contributed by atoms with Crippen LogP contribution in [0.15, 0.2) is 24.3 Å². The fourth-order valence-corrected chi connectivity index (χ4v) is 1.87. The highest BCUT2D eigenvalue weighted by molar-refractivity contribution is 5.70. The standard InChI is InChI=1S/C11H11FO/c12-10-5-2-1-4-9(10)11(8-13)6-3-7-11/h1-2,4-5,8H,3,6-7H2. The predicted octanol–water partition coefficient (Wildman–Crippen LogP) is 2.45. The van der Waals surface area contributed by atoms with Crippen molar-refractivity contribution in [2.24, 2.45) is 0 Å². The van der Waals surface area contributed by atoms with Gasteiger partial charge in [0, 0.05) is 5.56 Å². The first-order valence-corrected chi connectivity index (χ1v) is 4.50. The molecule has 0 amide bonds. The number of benzene rings is 1. The molecule has 0 atom stereocenters. The van der Waals surface area contributed by atoms with E-state index in [-0.39, 0.29) is 5.82 Å². The molecule has 2 rings (SSSR count). The van der Waals surface area contributed by atoms with Gasteiger partial charge in [-0.1, -0.05) is 24.6 Å². The highest BCUT2D eigenvalue weighted by Gasteiger charge is 2.40. The Bertz CT molecular complexity index is 329. The normalized spacial score (nSPS) is 19.2. The molecule has 0 saturated heterocycles. The summed E-state index contributed by atoms with van der Waals surface area (Å²) in [5.41, 5.74) is 0.0574. The third-order valence-electron chi connectivity index (χ3n) is 2.88. The van der Waals surface area contributed by atoms with Crippen LogP contribution in [0.25, 0.3) is 0 Å². The van der Waals surface area contributed by atoms with Crippen molar-refractivity contribution in [3.63, 3.8) is 0 Å². The van der Waals surface area contributed by atoms with Crippen molar-refractivity contribution in [3.05, 3.63) is 35.6 Å². The van der Waals surface area contributed by atoms with Crippen LogP contribution in [-0.4, -0.2) is 6.29 Å². The Balaban J connectivity index is 2.44. The maximum Gasteiger partial charge on any atom is 0.130 e. The van der Waals surface area contributed by atoms with Crippen molar-refractivity contribution in [1.29, 1.82) is 0 Å². The Labute approximate surface area is 76.6 Å². The van der Waals surface area contributed by atoms with Crippen LogP contribution in [0.4, 0.5) is 4.39 Å². The predicted molar refractivity (Wildman–Crippen MR) is 48.0 cm³/mol. The van der Waals surface area contributed by atoms with E-state index in [1.165, 1.54) is 6.07 Å². The number of carbonyl (C=O) groups excluding carboxylic acids is 1. The van der Waals surface area contributed by atoms with Gasteiger partial charge in [0.1, 0.15) is 12.1 Å². The second-order valence-corrected chi connectivity index (χ2v) is 3.61. The van der Waals surface area contributed by atoms with Crippen molar-refractivity contribution in [2.45, 2.75) is 24.7 Å². The molecule has 1 aromatic carbocycles. The van der Waals surface area contributed by atoms with E-state index in [9.17, 15) is 9.18 Å². The topological polar surface area (TPSA) is 17.1 Å². The number of carbonyl (C=O) groups is 1. The third-order valence-corrected chi connectivity index (χ3v) is 2.88. The van der Waals surface area contributed by atoms with Crippen molar-refractivity contribution in [2.75, 3.05) is 0 Å². The molecule has 0 aromatic heterocycles. The molecule has 0 spiro atoms. The fourth-order valence-electron chi connectivity index (χ4n) is 1.87. The van der Waals surface area contributed by atoms with E-state index >= 15 is 0 Å². The number of halogens is 1. The second kappa shape index (κ2) is 2.95. The summed E-state index contributed by atoms with van der Waals surface area (Å²) in [6.07, 6.45) is 3.50. The molecule has 1 nitrogen and oxygen atoms in total. The molecular formula is C11H11FO. The molecule has 0 unspecified atom stereocenters. The molecule has 0 heterocycles. The van der Waals surface area contributed by atoms with Gasteiger partial charge in [-0.25, -0.2) is 4.39 Å². The van der Waals surface area contributed by atoms with Crippen LogP contribution in [0.3, 0.4) is 0 Å². The van der Waals surface area contributed by atoms with E-state index in [4.69, 9.17) is 0 Å². The number of rotatable bonds is 2. The molecule has 1 aromatic rings. The van der Waals surface area contributed by atoms with E-state index in [0.29, 0.717) is 5.56 Å².